The van der Waals surface area contributed by atoms with Gasteiger partial charge in [0.15, 0.2) is 5.60 Å². The van der Waals surface area contributed by atoms with Crippen molar-refractivity contribution in [3.05, 3.63) is 66.2 Å². The highest BCUT2D eigenvalue weighted by molar-refractivity contribution is 6.12. The summed E-state index contributed by atoms with van der Waals surface area (Å²) in [4.78, 5) is 27.7. The summed E-state index contributed by atoms with van der Waals surface area (Å²) in [6.45, 7) is 2.59. The third-order valence-corrected chi connectivity index (χ3v) is 6.22. The number of nitrogens with one attached hydrogen (secondary N) is 2. The second-order valence-electron chi connectivity index (χ2n) is 8.34. The van der Waals surface area contributed by atoms with Gasteiger partial charge in [-0.25, -0.2) is 0 Å². The number of carbonyl (C=O) groups is 2. The van der Waals surface area contributed by atoms with Crippen LogP contribution in [0, 0.1) is 5.92 Å². The fraction of sp³-hybridized carbons (Fsp3) is 0.360. The molecule has 0 radical (unpaired) electrons. The number of rotatable bonds is 7. The summed E-state index contributed by atoms with van der Waals surface area (Å²) in [7, 11) is 0. The van der Waals surface area contributed by atoms with E-state index in [1.807, 2.05) is 30.3 Å². The summed E-state index contributed by atoms with van der Waals surface area (Å²) >= 11 is 0. The number of nitrogens with zero attached hydrogens (tertiary/aromatic N) is 1. The number of hydrogen-bond donors (Lipinski definition) is 4. The van der Waals surface area contributed by atoms with E-state index < -0.39 is 17.4 Å². The van der Waals surface area contributed by atoms with Crippen molar-refractivity contribution in [1.82, 2.24) is 5.32 Å². The molecule has 2 aromatic rings. The fourth-order valence-corrected chi connectivity index (χ4v) is 4.43. The van der Waals surface area contributed by atoms with Crippen molar-refractivity contribution in [2.24, 2.45) is 5.92 Å². The van der Waals surface area contributed by atoms with E-state index in [1.54, 1.807) is 37.3 Å². The van der Waals surface area contributed by atoms with Gasteiger partial charge in [0.2, 0.25) is 5.91 Å². The summed E-state index contributed by atoms with van der Waals surface area (Å²) < 4.78 is 0. The van der Waals surface area contributed by atoms with Crippen LogP contribution in [0.25, 0.3) is 0 Å². The van der Waals surface area contributed by atoms with Crippen LogP contribution in [0.5, 0.6) is 0 Å². The van der Waals surface area contributed by atoms with Crippen molar-refractivity contribution in [3.63, 3.8) is 0 Å². The average Bonchev–Trinajstić information content (AvgIpc) is 3.42. The molecule has 7 nitrogen and oxygen atoms in total. The maximum absolute atomic E-state index is 13.6. The number of hydrogen-bond acceptors (Lipinski definition) is 5. The molecule has 1 saturated heterocycles. The van der Waals surface area contributed by atoms with Crippen molar-refractivity contribution < 1.29 is 19.8 Å². The number of anilines is 3. The van der Waals surface area contributed by atoms with E-state index in [4.69, 9.17) is 5.11 Å². The molecule has 0 aliphatic carbocycles. The van der Waals surface area contributed by atoms with Crippen LogP contribution in [0.2, 0.25) is 0 Å². The first-order valence-electron chi connectivity index (χ1n) is 11.0. The van der Waals surface area contributed by atoms with Crippen LogP contribution in [0.3, 0.4) is 0 Å². The Bertz CT molecular complexity index is 1020. The lowest BCUT2D eigenvalue weighted by Crippen LogP contribution is -2.42. The Morgan fingerprint density at radius 1 is 1.31 bits per heavy atom. The van der Waals surface area contributed by atoms with E-state index >= 15 is 0 Å². The number of benzene rings is 2. The predicted octanol–water partition coefficient (Wildman–Crippen LogP) is 2.82. The van der Waals surface area contributed by atoms with Crippen molar-refractivity contribution in [2.75, 3.05) is 23.4 Å². The molecule has 2 aliphatic heterocycles. The Morgan fingerprint density at radius 3 is 2.78 bits per heavy atom. The fourth-order valence-electron chi connectivity index (χ4n) is 4.43. The lowest BCUT2D eigenvalue weighted by atomic mass is 9.82. The van der Waals surface area contributed by atoms with Crippen molar-refractivity contribution >= 4 is 28.9 Å². The van der Waals surface area contributed by atoms with E-state index in [9.17, 15) is 14.7 Å². The standard InChI is InChI=1S/C25H29N3O4/c1-17(8-5-6-15-29)25(32)20-16-18(27-23(30)21-11-7-14-26-21)12-13-22(20)28(24(25)31)19-9-3-2-4-10-19/h2-5,8-10,12-13,16-17,21,26,29,32H,6-7,11,14-15H2,1H3,(H,27,30)/b8-5+/t17-,21+,25+/m0/s1. The van der Waals surface area contributed by atoms with Gasteiger partial charge >= 0.3 is 0 Å². The van der Waals surface area contributed by atoms with Crippen LogP contribution in [0.1, 0.15) is 31.7 Å². The second-order valence-corrected chi connectivity index (χ2v) is 8.34. The van der Waals surface area contributed by atoms with E-state index in [0.29, 0.717) is 29.0 Å². The SMILES string of the molecule is C[C@@H](/C=C/CCO)[C@]1(O)C(=O)N(c2ccccc2)c2ccc(NC(=O)[C@H]3CCCN3)cc21. The molecule has 0 unspecified atom stereocenters. The molecule has 0 spiro atoms. The lowest BCUT2D eigenvalue weighted by molar-refractivity contribution is -0.138. The highest BCUT2D eigenvalue weighted by Gasteiger charge is 2.53. The molecule has 0 aromatic heterocycles. The number of aliphatic hydroxyl groups excluding tert-OH is 1. The van der Waals surface area contributed by atoms with Gasteiger partial charge in [0.25, 0.3) is 5.91 Å². The topological polar surface area (TPSA) is 102 Å². The minimum atomic E-state index is -1.80. The Morgan fingerprint density at radius 2 is 2.09 bits per heavy atom. The van der Waals surface area contributed by atoms with E-state index in [0.717, 1.165) is 19.4 Å². The van der Waals surface area contributed by atoms with Crippen LogP contribution >= 0.6 is 0 Å². The molecule has 0 saturated carbocycles. The molecule has 2 aliphatic rings. The Balaban J connectivity index is 1.73. The average molecular weight is 436 g/mol. The van der Waals surface area contributed by atoms with Gasteiger partial charge in [0.1, 0.15) is 0 Å². The van der Waals surface area contributed by atoms with Crippen LogP contribution < -0.4 is 15.5 Å². The van der Waals surface area contributed by atoms with Crippen molar-refractivity contribution in [3.8, 4) is 0 Å². The molecule has 4 rings (SSSR count). The first-order valence-corrected chi connectivity index (χ1v) is 11.0. The number of fused-ring (bicyclic) bond motifs is 1. The predicted molar refractivity (Wildman–Crippen MR) is 124 cm³/mol. The van der Waals surface area contributed by atoms with Crippen LogP contribution in [-0.2, 0) is 15.2 Å². The molecule has 7 heteroatoms. The maximum Gasteiger partial charge on any atom is 0.268 e. The molecule has 2 heterocycles. The molecule has 2 aromatic carbocycles. The number of para-hydroxylation sites is 1. The van der Waals surface area contributed by atoms with Gasteiger partial charge in [-0.15, -0.1) is 0 Å². The lowest BCUT2D eigenvalue weighted by Gasteiger charge is -2.28. The van der Waals surface area contributed by atoms with Gasteiger partial charge in [-0.2, -0.15) is 0 Å². The van der Waals surface area contributed by atoms with E-state index in [1.165, 1.54) is 4.90 Å². The summed E-state index contributed by atoms with van der Waals surface area (Å²) in [5, 5.41) is 26.9. The molecular formula is C25H29N3O4. The number of aliphatic hydroxyl groups is 2. The normalized spacial score (nSPS) is 23.5. The summed E-state index contributed by atoms with van der Waals surface area (Å²) in [6.07, 6.45) is 5.69. The minimum Gasteiger partial charge on any atom is -0.396 e. The minimum absolute atomic E-state index is 0.00625. The van der Waals surface area contributed by atoms with Gasteiger partial charge < -0.3 is 20.8 Å². The quantitative estimate of drug-likeness (QED) is 0.501. The zero-order chi connectivity index (χ0) is 22.7. The van der Waals surface area contributed by atoms with Gasteiger partial charge in [0.05, 0.1) is 11.7 Å². The molecule has 3 atom stereocenters. The first-order chi connectivity index (χ1) is 15.5. The molecule has 32 heavy (non-hydrogen) atoms. The van der Waals surface area contributed by atoms with Crippen LogP contribution in [0.15, 0.2) is 60.7 Å². The van der Waals surface area contributed by atoms with Crippen molar-refractivity contribution in [2.45, 2.75) is 37.8 Å². The highest BCUT2D eigenvalue weighted by Crippen LogP contribution is 2.49. The highest BCUT2D eigenvalue weighted by atomic mass is 16.3. The summed E-state index contributed by atoms with van der Waals surface area (Å²) in [6, 6.07) is 14.2. The van der Waals surface area contributed by atoms with Crippen LogP contribution in [0.4, 0.5) is 17.1 Å². The monoisotopic (exact) mass is 435 g/mol. The number of carbonyl (C=O) groups excluding carboxylic acids is 2. The van der Waals surface area contributed by atoms with Crippen molar-refractivity contribution in [1.29, 1.82) is 0 Å². The molecule has 2 amide bonds. The zero-order valence-electron chi connectivity index (χ0n) is 18.1. The smallest absolute Gasteiger partial charge is 0.268 e. The molecule has 0 bridgehead atoms. The largest absolute Gasteiger partial charge is 0.396 e. The van der Waals surface area contributed by atoms with Gasteiger partial charge in [-0.05, 0) is 56.1 Å². The first kappa shape index (κ1) is 22.2. The zero-order valence-corrected chi connectivity index (χ0v) is 18.1. The Labute approximate surface area is 187 Å². The van der Waals surface area contributed by atoms with Crippen LogP contribution in [-0.4, -0.2) is 41.2 Å². The maximum atomic E-state index is 13.6. The van der Waals surface area contributed by atoms with Gasteiger partial charge in [0, 0.05) is 29.5 Å². The molecule has 1 fully saturated rings. The van der Waals surface area contributed by atoms with E-state index in [-0.39, 0.29) is 18.6 Å². The second kappa shape index (κ2) is 9.24. The van der Waals surface area contributed by atoms with E-state index in [2.05, 4.69) is 10.6 Å². The van der Waals surface area contributed by atoms with Gasteiger partial charge in [-0.1, -0.05) is 37.3 Å². The molecule has 168 valence electrons. The molecule has 4 N–H and O–H groups in total. The third kappa shape index (κ3) is 3.95. The number of amides is 2. The Kier molecular flexibility index (Phi) is 6.41. The third-order valence-electron chi connectivity index (χ3n) is 6.22. The molecular weight excluding hydrogens is 406 g/mol. The summed E-state index contributed by atoms with van der Waals surface area (Å²) in [5.74, 6) is -1.11. The van der Waals surface area contributed by atoms with Gasteiger partial charge in [-0.3, -0.25) is 14.5 Å². The summed E-state index contributed by atoms with van der Waals surface area (Å²) in [5.41, 5.74) is 0.430. The Hall–Kier alpha value is -3.00.